The number of amides is 2. The van der Waals surface area contributed by atoms with E-state index >= 15 is 0 Å². The molecule has 1 aromatic carbocycles. The highest BCUT2D eigenvalue weighted by Gasteiger charge is 2.28. The largest absolute Gasteiger partial charge is 0.494 e. The van der Waals surface area contributed by atoms with Crippen LogP contribution in [0.5, 0.6) is 5.75 Å². The maximum absolute atomic E-state index is 12.8. The maximum Gasteiger partial charge on any atom is 0.231 e. The highest BCUT2D eigenvalue weighted by Crippen LogP contribution is 2.25. The first-order valence-electron chi connectivity index (χ1n) is 8.57. The van der Waals surface area contributed by atoms with E-state index in [9.17, 15) is 9.59 Å². The molecule has 25 heavy (non-hydrogen) atoms. The van der Waals surface area contributed by atoms with Gasteiger partial charge in [0, 0.05) is 30.7 Å². The van der Waals surface area contributed by atoms with E-state index in [1.807, 2.05) is 24.0 Å². The summed E-state index contributed by atoms with van der Waals surface area (Å²) in [4.78, 5) is 27.6. The van der Waals surface area contributed by atoms with Crippen LogP contribution in [-0.4, -0.2) is 54.9 Å². The molecule has 0 aliphatic carbocycles. The molecule has 0 bridgehead atoms. The standard InChI is InChI=1S/C18H26ClN3O3/c1-3-25-16-7-6-15(19)9-14(16)10-21(2)18(24)13-5-4-8-22(11-13)12-17(20)23/h6-7,9,13H,3-5,8,10-12H2,1-2H3,(H2,20,23). The smallest absolute Gasteiger partial charge is 0.231 e. The number of ether oxygens (including phenoxy) is 1. The van der Waals surface area contributed by atoms with Crippen LogP contribution in [0.4, 0.5) is 0 Å². The number of likely N-dealkylation sites (tertiary alicyclic amines) is 1. The van der Waals surface area contributed by atoms with Crippen LogP contribution >= 0.6 is 11.6 Å². The van der Waals surface area contributed by atoms with Gasteiger partial charge in [0.25, 0.3) is 0 Å². The van der Waals surface area contributed by atoms with Gasteiger partial charge in [0.1, 0.15) is 5.75 Å². The van der Waals surface area contributed by atoms with E-state index in [2.05, 4.69) is 0 Å². The van der Waals surface area contributed by atoms with Crippen LogP contribution in [0.1, 0.15) is 25.3 Å². The van der Waals surface area contributed by atoms with Crippen molar-refractivity contribution in [2.24, 2.45) is 11.7 Å². The first kappa shape index (κ1) is 19.5. The van der Waals surface area contributed by atoms with Crippen LogP contribution < -0.4 is 10.5 Å². The first-order chi connectivity index (χ1) is 11.9. The monoisotopic (exact) mass is 367 g/mol. The number of benzene rings is 1. The zero-order valence-electron chi connectivity index (χ0n) is 14.8. The SMILES string of the molecule is CCOc1ccc(Cl)cc1CN(C)C(=O)C1CCCN(CC(N)=O)C1. The lowest BCUT2D eigenvalue weighted by molar-refractivity contribution is -0.137. The van der Waals surface area contributed by atoms with Crippen molar-refractivity contribution in [3.63, 3.8) is 0 Å². The highest BCUT2D eigenvalue weighted by atomic mass is 35.5. The predicted molar refractivity (Wildman–Crippen MR) is 97.5 cm³/mol. The van der Waals surface area contributed by atoms with Crippen molar-refractivity contribution in [2.75, 3.05) is 33.3 Å². The van der Waals surface area contributed by atoms with Crippen LogP contribution in [-0.2, 0) is 16.1 Å². The lowest BCUT2D eigenvalue weighted by atomic mass is 9.96. The normalized spacial score (nSPS) is 18.0. The number of carbonyl (C=O) groups is 2. The van der Waals surface area contributed by atoms with Crippen molar-refractivity contribution in [3.8, 4) is 5.75 Å². The number of hydrogen-bond acceptors (Lipinski definition) is 4. The molecule has 1 atom stereocenters. The third-order valence-electron chi connectivity index (χ3n) is 4.34. The van der Waals surface area contributed by atoms with Crippen molar-refractivity contribution in [1.82, 2.24) is 9.80 Å². The molecule has 1 unspecified atom stereocenters. The van der Waals surface area contributed by atoms with Gasteiger partial charge in [0.05, 0.1) is 19.1 Å². The number of carbonyl (C=O) groups excluding carboxylic acids is 2. The number of piperidine rings is 1. The van der Waals surface area contributed by atoms with E-state index in [1.165, 1.54) is 0 Å². The Balaban J connectivity index is 2.02. The number of primary amides is 1. The predicted octanol–water partition coefficient (Wildman–Crippen LogP) is 1.89. The Labute approximate surface area is 153 Å². The summed E-state index contributed by atoms with van der Waals surface area (Å²) in [6.45, 7) is 4.48. The molecule has 1 fully saturated rings. The molecule has 1 saturated heterocycles. The Kier molecular flexibility index (Phi) is 7.08. The minimum Gasteiger partial charge on any atom is -0.494 e. The fourth-order valence-electron chi connectivity index (χ4n) is 3.23. The Bertz CT molecular complexity index is 624. The van der Waals surface area contributed by atoms with Crippen LogP contribution in [0, 0.1) is 5.92 Å². The molecule has 2 rings (SSSR count). The van der Waals surface area contributed by atoms with Gasteiger partial charge in [-0.3, -0.25) is 14.5 Å². The van der Waals surface area contributed by atoms with Crippen LogP contribution in [0.15, 0.2) is 18.2 Å². The van der Waals surface area contributed by atoms with Crippen molar-refractivity contribution in [3.05, 3.63) is 28.8 Å². The Morgan fingerprint density at radius 2 is 2.20 bits per heavy atom. The van der Waals surface area contributed by atoms with Gasteiger partial charge in [-0.15, -0.1) is 0 Å². The molecule has 0 radical (unpaired) electrons. The van der Waals surface area contributed by atoms with Gasteiger partial charge in [0.15, 0.2) is 0 Å². The van der Waals surface area contributed by atoms with Gasteiger partial charge in [-0.1, -0.05) is 11.6 Å². The fraction of sp³-hybridized carbons (Fsp3) is 0.556. The van der Waals surface area contributed by atoms with Crippen molar-refractivity contribution in [2.45, 2.75) is 26.3 Å². The molecule has 0 aromatic heterocycles. The summed E-state index contributed by atoms with van der Waals surface area (Å²) in [5.74, 6) is 0.330. The molecule has 138 valence electrons. The van der Waals surface area contributed by atoms with Gasteiger partial charge < -0.3 is 15.4 Å². The summed E-state index contributed by atoms with van der Waals surface area (Å²) in [5, 5.41) is 0.615. The molecular weight excluding hydrogens is 342 g/mol. The van der Waals surface area contributed by atoms with Crippen LogP contribution in [0.25, 0.3) is 0 Å². The number of nitrogens with zero attached hydrogens (tertiary/aromatic N) is 2. The quantitative estimate of drug-likeness (QED) is 0.798. The second-order valence-electron chi connectivity index (χ2n) is 6.42. The lowest BCUT2D eigenvalue weighted by Crippen LogP contribution is -2.46. The number of rotatable bonds is 7. The van der Waals surface area contributed by atoms with Crippen molar-refractivity contribution >= 4 is 23.4 Å². The third kappa shape index (κ3) is 5.61. The zero-order valence-corrected chi connectivity index (χ0v) is 15.6. The second-order valence-corrected chi connectivity index (χ2v) is 6.86. The topological polar surface area (TPSA) is 75.9 Å². The molecule has 2 N–H and O–H groups in total. The molecule has 1 aromatic rings. The molecule has 0 saturated carbocycles. The Morgan fingerprint density at radius 3 is 2.88 bits per heavy atom. The summed E-state index contributed by atoms with van der Waals surface area (Å²) in [6, 6.07) is 5.44. The highest BCUT2D eigenvalue weighted by molar-refractivity contribution is 6.30. The van der Waals surface area contributed by atoms with E-state index < -0.39 is 0 Å². The van der Waals surface area contributed by atoms with Gasteiger partial charge in [-0.25, -0.2) is 0 Å². The maximum atomic E-state index is 12.8. The molecule has 6 nitrogen and oxygen atoms in total. The molecule has 7 heteroatoms. The third-order valence-corrected chi connectivity index (χ3v) is 4.58. The number of nitrogens with two attached hydrogens (primary N) is 1. The summed E-state index contributed by atoms with van der Waals surface area (Å²) in [7, 11) is 1.78. The zero-order chi connectivity index (χ0) is 18.4. The average Bonchev–Trinajstić information content (AvgIpc) is 2.56. The fourth-order valence-corrected chi connectivity index (χ4v) is 3.43. The summed E-state index contributed by atoms with van der Waals surface area (Å²) in [6.07, 6.45) is 1.71. The molecule has 2 amide bonds. The molecule has 1 aliphatic rings. The van der Waals surface area contributed by atoms with Crippen molar-refractivity contribution < 1.29 is 14.3 Å². The van der Waals surface area contributed by atoms with E-state index in [1.54, 1.807) is 18.0 Å². The van der Waals surface area contributed by atoms with Gasteiger partial charge in [-0.05, 0) is 44.5 Å². The molecule has 1 aliphatic heterocycles. The van der Waals surface area contributed by atoms with E-state index in [4.69, 9.17) is 22.1 Å². The van der Waals surface area contributed by atoms with Crippen molar-refractivity contribution in [1.29, 1.82) is 0 Å². The van der Waals surface area contributed by atoms with Gasteiger partial charge in [0.2, 0.25) is 11.8 Å². The minimum atomic E-state index is -0.360. The minimum absolute atomic E-state index is 0.0663. The number of halogens is 1. The molecular formula is C18H26ClN3O3. The van der Waals surface area contributed by atoms with Gasteiger partial charge >= 0.3 is 0 Å². The van der Waals surface area contributed by atoms with Crippen LogP contribution in [0.2, 0.25) is 5.02 Å². The lowest BCUT2D eigenvalue weighted by Gasteiger charge is -2.33. The average molecular weight is 368 g/mol. The Hall–Kier alpha value is -1.79. The van der Waals surface area contributed by atoms with Crippen LogP contribution in [0.3, 0.4) is 0 Å². The summed E-state index contributed by atoms with van der Waals surface area (Å²) < 4.78 is 5.62. The van der Waals surface area contributed by atoms with E-state index in [-0.39, 0.29) is 24.3 Å². The number of hydrogen-bond donors (Lipinski definition) is 1. The van der Waals surface area contributed by atoms with E-state index in [0.29, 0.717) is 24.7 Å². The Morgan fingerprint density at radius 1 is 1.44 bits per heavy atom. The van der Waals surface area contributed by atoms with Gasteiger partial charge in [-0.2, -0.15) is 0 Å². The summed E-state index contributed by atoms with van der Waals surface area (Å²) in [5.41, 5.74) is 6.15. The first-order valence-corrected chi connectivity index (χ1v) is 8.95. The second kappa shape index (κ2) is 9.06. The summed E-state index contributed by atoms with van der Waals surface area (Å²) >= 11 is 6.09. The van der Waals surface area contributed by atoms with E-state index in [0.717, 1.165) is 30.7 Å². The molecule has 1 heterocycles. The molecule has 0 spiro atoms.